The van der Waals surface area contributed by atoms with Gasteiger partial charge in [0, 0.05) is 6.04 Å². The molecule has 0 atom stereocenters. The molecule has 0 radical (unpaired) electrons. The lowest BCUT2D eigenvalue weighted by molar-refractivity contribution is 0.495. The maximum Gasteiger partial charge on any atom is 0.244 e. The highest BCUT2D eigenvalue weighted by Gasteiger charge is 2.39. The molecule has 1 aliphatic heterocycles. The molecule has 4 nitrogen and oxygen atoms in total. The molecule has 1 aromatic carbocycles. The van der Waals surface area contributed by atoms with E-state index in [-0.39, 0.29) is 23.3 Å². The van der Waals surface area contributed by atoms with Crippen molar-refractivity contribution in [2.24, 2.45) is 0 Å². The van der Waals surface area contributed by atoms with Gasteiger partial charge in [0.2, 0.25) is 10.0 Å². The van der Waals surface area contributed by atoms with Gasteiger partial charge in [-0.3, -0.25) is 0 Å². The zero-order valence-corrected chi connectivity index (χ0v) is 9.60. The number of nitrogens with one attached hydrogen (secondary N) is 1. The third kappa shape index (κ3) is 1.61. The molecule has 1 saturated carbocycles. The predicted octanol–water partition coefficient (Wildman–Crippen LogP) is 1.18. The van der Waals surface area contributed by atoms with E-state index in [9.17, 15) is 17.2 Å². The maximum absolute atomic E-state index is 13.8. The highest BCUT2D eigenvalue weighted by atomic mass is 32.2. The van der Waals surface area contributed by atoms with Crippen molar-refractivity contribution < 1.29 is 17.2 Å². The largest absolute Gasteiger partial charge is 0.351 e. The summed E-state index contributed by atoms with van der Waals surface area (Å²) in [6.45, 7) is 0.000370. The van der Waals surface area contributed by atoms with Crippen LogP contribution in [0.3, 0.4) is 0 Å². The molecule has 0 bridgehead atoms. The average molecular weight is 260 g/mol. The molecule has 0 amide bonds. The highest BCUT2D eigenvalue weighted by Crippen LogP contribution is 2.39. The van der Waals surface area contributed by atoms with E-state index in [1.165, 1.54) is 0 Å². The molecule has 2 aliphatic rings. The third-order valence-electron chi connectivity index (χ3n) is 3.02. The van der Waals surface area contributed by atoms with Crippen LogP contribution in [0, 0.1) is 11.6 Å². The van der Waals surface area contributed by atoms with Gasteiger partial charge in [-0.05, 0) is 25.0 Å². The van der Waals surface area contributed by atoms with Crippen LogP contribution in [0.25, 0.3) is 0 Å². The lowest BCUT2D eigenvalue weighted by Gasteiger charge is -2.31. The van der Waals surface area contributed by atoms with Gasteiger partial charge in [-0.2, -0.15) is 4.72 Å². The van der Waals surface area contributed by atoms with Crippen LogP contribution in [0.1, 0.15) is 12.8 Å². The van der Waals surface area contributed by atoms with Gasteiger partial charge in [-0.25, -0.2) is 17.2 Å². The Labute approximate surface area is 97.3 Å². The summed E-state index contributed by atoms with van der Waals surface area (Å²) in [5.41, 5.74) is -0.133. The quantitative estimate of drug-likeness (QED) is 0.825. The SMILES string of the molecule is O=S1(=O)NCN(C2CC2)c2c1ccc(F)c2F. The second-order valence-electron chi connectivity index (χ2n) is 4.21. The Hall–Kier alpha value is -1.21. The molecule has 1 fully saturated rings. The van der Waals surface area contributed by atoms with E-state index in [1.54, 1.807) is 4.90 Å². The predicted molar refractivity (Wildman–Crippen MR) is 57.0 cm³/mol. The number of hydrogen-bond acceptors (Lipinski definition) is 3. The lowest BCUT2D eigenvalue weighted by atomic mass is 10.2. The van der Waals surface area contributed by atoms with Gasteiger partial charge >= 0.3 is 0 Å². The van der Waals surface area contributed by atoms with Crippen LogP contribution >= 0.6 is 0 Å². The van der Waals surface area contributed by atoms with Gasteiger partial charge in [-0.1, -0.05) is 0 Å². The van der Waals surface area contributed by atoms with E-state index >= 15 is 0 Å². The smallest absolute Gasteiger partial charge is 0.244 e. The summed E-state index contributed by atoms with van der Waals surface area (Å²) in [5.74, 6) is -2.11. The molecular formula is C10H10F2N2O2S. The fraction of sp³-hybridized carbons (Fsp3) is 0.400. The van der Waals surface area contributed by atoms with Crippen LogP contribution in [0.5, 0.6) is 0 Å². The van der Waals surface area contributed by atoms with Crippen LogP contribution in [0.2, 0.25) is 0 Å². The van der Waals surface area contributed by atoms with Gasteiger partial charge in [0.15, 0.2) is 11.6 Å². The molecule has 1 aliphatic carbocycles. The van der Waals surface area contributed by atoms with Crippen molar-refractivity contribution >= 4 is 15.7 Å². The summed E-state index contributed by atoms with van der Waals surface area (Å²) in [6, 6.07) is 2.04. The molecule has 1 heterocycles. The van der Waals surface area contributed by atoms with E-state index in [2.05, 4.69) is 4.72 Å². The average Bonchev–Trinajstić information content (AvgIpc) is 3.07. The number of hydrogen-bond donors (Lipinski definition) is 1. The first-order valence-electron chi connectivity index (χ1n) is 5.25. The minimum atomic E-state index is -3.72. The summed E-state index contributed by atoms with van der Waals surface area (Å²) in [4.78, 5) is 1.39. The first-order valence-corrected chi connectivity index (χ1v) is 6.73. The topological polar surface area (TPSA) is 49.4 Å². The summed E-state index contributed by atoms with van der Waals surface area (Å²) in [5, 5.41) is 0. The Balaban J connectivity index is 2.25. The monoisotopic (exact) mass is 260 g/mol. The summed E-state index contributed by atoms with van der Waals surface area (Å²) in [6.07, 6.45) is 1.74. The minimum Gasteiger partial charge on any atom is -0.351 e. The van der Waals surface area contributed by atoms with Crippen LogP contribution < -0.4 is 9.62 Å². The second kappa shape index (κ2) is 3.39. The van der Waals surface area contributed by atoms with Gasteiger partial charge in [-0.15, -0.1) is 0 Å². The van der Waals surface area contributed by atoms with Crippen LogP contribution in [0.4, 0.5) is 14.5 Å². The third-order valence-corrected chi connectivity index (χ3v) is 4.44. The Morgan fingerprint density at radius 2 is 2.00 bits per heavy atom. The van der Waals surface area contributed by atoms with Crippen molar-refractivity contribution in [3.05, 3.63) is 23.8 Å². The van der Waals surface area contributed by atoms with Crippen molar-refractivity contribution in [1.82, 2.24) is 4.72 Å². The summed E-state index contributed by atoms with van der Waals surface area (Å²) >= 11 is 0. The Bertz CT molecular complexity index is 584. The Morgan fingerprint density at radius 1 is 1.29 bits per heavy atom. The second-order valence-corrected chi connectivity index (χ2v) is 5.95. The number of rotatable bonds is 1. The summed E-state index contributed by atoms with van der Waals surface area (Å²) in [7, 11) is -3.72. The van der Waals surface area contributed by atoms with Crippen LogP contribution in [0.15, 0.2) is 17.0 Å². The molecule has 92 valence electrons. The van der Waals surface area contributed by atoms with Crippen LogP contribution in [-0.2, 0) is 10.0 Å². The molecule has 0 saturated heterocycles. The number of nitrogens with zero attached hydrogens (tertiary/aromatic N) is 1. The van der Waals surface area contributed by atoms with Gasteiger partial charge < -0.3 is 4.90 Å². The van der Waals surface area contributed by atoms with E-state index in [1.807, 2.05) is 0 Å². The first kappa shape index (κ1) is 10.9. The zero-order chi connectivity index (χ0) is 12.2. The van der Waals surface area contributed by atoms with Gasteiger partial charge in [0.05, 0.1) is 12.4 Å². The molecule has 3 rings (SSSR count). The van der Waals surface area contributed by atoms with E-state index in [4.69, 9.17) is 0 Å². The molecule has 1 aromatic rings. The molecule has 0 aromatic heterocycles. The Morgan fingerprint density at radius 3 is 2.65 bits per heavy atom. The molecule has 1 N–H and O–H groups in total. The van der Waals surface area contributed by atoms with Gasteiger partial charge in [0.1, 0.15) is 4.90 Å². The fourth-order valence-electron chi connectivity index (χ4n) is 2.02. The molecule has 0 spiro atoms. The number of sulfonamides is 1. The van der Waals surface area contributed by atoms with E-state index in [0.717, 1.165) is 25.0 Å². The lowest BCUT2D eigenvalue weighted by Crippen LogP contribution is -2.45. The number of anilines is 1. The van der Waals surface area contributed by atoms with E-state index < -0.39 is 21.7 Å². The maximum atomic E-state index is 13.8. The molecule has 0 unspecified atom stereocenters. The minimum absolute atomic E-state index is 0.000370. The molecular weight excluding hydrogens is 250 g/mol. The van der Waals surface area contributed by atoms with Crippen LogP contribution in [-0.4, -0.2) is 21.1 Å². The fourth-order valence-corrected chi connectivity index (χ4v) is 3.19. The van der Waals surface area contributed by atoms with Gasteiger partial charge in [0.25, 0.3) is 0 Å². The highest BCUT2D eigenvalue weighted by molar-refractivity contribution is 7.89. The molecule has 7 heteroatoms. The first-order chi connectivity index (χ1) is 8.00. The standard InChI is InChI=1S/C10H10F2N2O2S/c11-7-3-4-8-10(9(7)12)14(6-1-2-6)5-13-17(8,15)16/h3-4,6,13H,1-2,5H2. The van der Waals surface area contributed by atoms with Crippen molar-refractivity contribution in [3.63, 3.8) is 0 Å². The number of fused-ring (bicyclic) bond motifs is 1. The van der Waals surface area contributed by atoms with Crippen molar-refractivity contribution in [3.8, 4) is 0 Å². The number of benzene rings is 1. The van der Waals surface area contributed by atoms with E-state index in [0.29, 0.717) is 0 Å². The van der Waals surface area contributed by atoms with Crippen molar-refractivity contribution in [1.29, 1.82) is 0 Å². The molecule has 17 heavy (non-hydrogen) atoms. The number of halogens is 2. The normalized spacial score (nSPS) is 22.4. The summed E-state index contributed by atoms with van der Waals surface area (Å²) < 4.78 is 52.7. The van der Waals surface area contributed by atoms with Crippen molar-refractivity contribution in [2.45, 2.75) is 23.8 Å². The Kier molecular flexibility index (Phi) is 2.18. The zero-order valence-electron chi connectivity index (χ0n) is 8.78. The van der Waals surface area contributed by atoms with Crippen molar-refractivity contribution in [2.75, 3.05) is 11.6 Å².